The van der Waals surface area contributed by atoms with E-state index in [1.54, 1.807) is 0 Å². The van der Waals surface area contributed by atoms with Crippen molar-refractivity contribution in [3.8, 4) is 0 Å². The summed E-state index contributed by atoms with van der Waals surface area (Å²) in [5, 5.41) is 2.96. The molecule has 0 saturated carbocycles. The molecule has 1 saturated heterocycles. The molecule has 0 spiro atoms. The quantitative estimate of drug-likeness (QED) is 0.690. The monoisotopic (exact) mass is 254 g/mol. The van der Waals surface area contributed by atoms with Crippen molar-refractivity contribution in [2.45, 2.75) is 12.5 Å². The molecule has 1 amide bonds. The number of nitrogens with one attached hydrogen (secondary N) is 1. The molecule has 6 nitrogen and oxygen atoms in total. The van der Waals surface area contributed by atoms with Gasteiger partial charge in [0.15, 0.2) is 5.82 Å². The van der Waals surface area contributed by atoms with E-state index >= 15 is 0 Å². The molecule has 2 aliphatic heterocycles. The van der Waals surface area contributed by atoms with Crippen LogP contribution in [0.15, 0.2) is 6.20 Å². The third kappa shape index (κ3) is 1.48. The van der Waals surface area contributed by atoms with Crippen LogP contribution in [0.2, 0.25) is 5.28 Å². The molecule has 90 valence electrons. The lowest BCUT2D eigenvalue weighted by Crippen LogP contribution is -2.64. The summed E-state index contributed by atoms with van der Waals surface area (Å²) in [5.74, 6) is 0.561. The molecule has 0 aromatic carbocycles. The highest BCUT2D eigenvalue weighted by Crippen LogP contribution is 2.36. The maximum atomic E-state index is 12.1. The van der Waals surface area contributed by atoms with Gasteiger partial charge in [0.2, 0.25) is 5.28 Å². The summed E-state index contributed by atoms with van der Waals surface area (Å²) in [5.41, 5.74) is -0.123. The topological polar surface area (TPSA) is 67.3 Å². The molecule has 0 bridgehead atoms. The number of carbonyl (C=O) groups excluding carboxylic acids is 1. The lowest BCUT2D eigenvalue weighted by Gasteiger charge is -2.47. The molecule has 3 heterocycles. The number of halogens is 1. The van der Waals surface area contributed by atoms with Gasteiger partial charge in [-0.1, -0.05) is 0 Å². The van der Waals surface area contributed by atoms with Crippen LogP contribution in [0.3, 0.4) is 0 Å². The fourth-order valence-electron chi connectivity index (χ4n) is 2.18. The fourth-order valence-corrected chi connectivity index (χ4v) is 2.31. The summed E-state index contributed by atoms with van der Waals surface area (Å²) in [4.78, 5) is 22.1. The van der Waals surface area contributed by atoms with E-state index < -0.39 is 5.54 Å². The van der Waals surface area contributed by atoms with Gasteiger partial charge in [-0.15, -0.1) is 0 Å². The van der Waals surface area contributed by atoms with Crippen molar-refractivity contribution >= 4 is 29.0 Å². The van der Waals surface area contributed by atoms with E-state index in [4.69, 9.17) is 16.3 Å². The van der Waals surface area contributed by atoms with Gasteiger partial charge in [0, 0.05) is 6.54 Å². The van der Waals surface area contributed by atoms with Crippen molar-refractivity contribution in [2.75, 3.05) is 30.0 Å². The van der Waals surface area contributed by atoms with E-state index in [1.807, 2.05) is 11.8 Å². The number of carbonyl (C=O) groups is 1. The van der Waals surface area contributed by atoms with Gasteiger partial charge in [-0.05, 0) is 18.5 Å². The predicted octanol–water partition coefficient (Wildman–Crippen LogP) is 0.677. The van der Waals surface area contributed by atoms with E-state index in [-0.39, 0.29) is 11.2 Å². The summed E-state index contributed by atoms with van der Waals surface area (Å²) in [6.45, 7) is 3.37. The number of nitrogens with zero attached hydrogens (tertiary/aromatic N) is 3. The minimum Gasteiger partial charge on any atom is -0.377 e. The van der Waals surface area contributed by atoms with Gasteiger partial charge in [-0.2, -0.15) is 4.98 Å². The molecular formula is C10H11ClN4O2. The van der Waals surface area contributed by atoms with Crippen LogP contribution < -0.4 is 10.2 Å². The highest BCUT2D eigenvalue weighted by atomic mass is 35.5. The number of amides is 1. The minimum atomic E-state index is -0.719. The van der Waals surface area contributed by atoms with E-state index in [1.165, 1.54) is 6.20 Å². The van der Waals surface area contributed by atoms with Gasteiger partial charge in [-0.25, -0.2) is 4.98 Å². The van der Waals surface area contributed by atoms with Crippen LogP contribution in [0.4, 0.5) is 11.5 Å². The Bertz CT molecular complexity index is 495. The smallest absolute Gasteiger partial charge is 0.252 e. The number of ether oxygens (including phenoxy) is 1. The van der Waals surface area contributed by atoms with Crippen LogP contribution in [0.5, 0.6) is 0 Å². The van der Waals surface area contributed by atoms with Crippen molar-refractivity contribution < 1.29 is 9.53 Å². The molecule has 0 unspecified atom stereocenters. The Labute approximate surface area is 103 Å². The number of hydrogen-bond donors (Lipinski definition) is 1. The summed E-state index contributed by atoms with van der Waals surface area (Å²) in [6, 6.07) is 0. The van der Waals surface area contributed by atoms with E-state index in [0.29, 0.717) is 31.3 Å². The van der Waals surface area contributed by atoms with Gasteiger partial charge < -0.3 is 15.0 Å². The Hall–Kier alpha value is -1.40. The van der Waals surface area contributed by atoms with Crippen molar-refractivity contribution in [1.29, 1.82) is 0 Å². The molecule has 1 aromatic heterocycles. The van der Waals surface area contributed by atoms with Gasteiger partial charge in [0.1, 0.15) is 11.2 Å². The third-order valence-corrected chi connectivity index (χ3v) is 3.35. The molecule has 0 aliphatic carbocycles. The first kappa shape index (κ1) is 10.7. The number of fused-ring (bicyclic) bond motifs is 3. The number of morpholine rings is 1. The number of hydrogen-bond acceptors (Lipinski definition) is 5. The van der Waals surface area contributed by atoms with Crippen LogP contribution in [0.1, 0.15) is 6.92 Å². The van der Waals surface area contributed by atoms with Gasteiger partial charge >= 0.3 is 0 Å². The van der Waals surface area contributed by atoms with Crippen LogP contribution in [-0.4, -0.2) is 41.2 Å². The van der Waals surface area contributed by atoms with Crippen LogP contribution >= 0.6 is 11.6 Å². The van der Waals surface area contributed by atoms with Gasteiger partial charge in [-0.3, -0.25) is 4.79 Å². The Morgan fingerprint density at radius 1 is 1.65 bits per heavy atom. The number of anilines is 2. The largest absolute Gasteiger partial charge is 0.377 e. The molecule has 3 rings (SSSR count). The van der Waals surface area contributed by atoms with Crippen LogP contribution in [-0.2, 0) is 9.53 Å². The maximum absolute atomic E-state index is 12.1. The van der Waals surface area contributed by atoms with Gasteiger partial charge in [0.05, 0.1) is 19.4 Å². The van der Waals surface area contributed by atoms with Crippen molar-refractivity contribution in [3.63, 3.8) is 0 Å². The summed E-state index contributed by atoms with van der Waals surface area (Å²) in [6.07, 6.45) is 1.53. The maximum Gasteiger partial charge on any atom is 0.252 e. The zero-order valence-corrected chi connectivity index (χ0v) is 9.99. The Kier molecular flexibility index (Phi) is 2.24. The Morgan fingerprint density at radius 3 is 3.29 bits per heavy atom. The summed E-state index contributed by atoms with van der Waals surface area (Å²) >= 11 is 5.80. The average molecular weight is 255 g/mol. The number of aromatic nitrogens is 2. The first-order chi connectivity index (χ1) is 8.11. The second kappa shape index (κ2) is 3.54. The fraction of sp³-hybridized carbons (Fsp3) is 0.500. The van der Waals surface area contributed by atoms with Gasteiger partial charge in [0.25, 0.3) is 5.91 Å². The third-order valence-electron chi connectivity index (χ3n) is 3.17. The highest BCUT2D eigenvalue weighted by Gasteiger charge is 2.47. The number of rotatable bonds is 0. The molecule has 1 N–H and O–H groups in total. The molecular weight excluding hydrogens is 244 g/mol. The Balaban J connectivity index is 2.14. The van der Waals surface area contributed by atoms with Crippen molar-refractivity contribution in [1.82, 2.24) is 9.97 Å². The molecule has 7 heteroatoms. The first-order valence-corrected chi connectivity index (χ1v) is 5.68. The van der Waals surface area contributed by atoms with E-state index in [9.17, 15) is 4.79 Å². The Morgan fingerprint density at radius 2 is 2.47 bits per heavy atom. The second-order valence-electron chi connectivity index (χ2n) is 4.31. The van der Waals surface area contributed by atoms with Crippen molar-refractivity contribution in [3.05, 3.63) is 11.5 Å². The SMILES string of the molecule is C[C@@]12COCCN1c1nc(Cl)ncc1NC2=O. The zero-order chi connectivity index (χ0) is 12.0. The van der Waals surface area contributed by atoms with E-state index in [2.05, 4.69) is 15.3 Å². The predicted molar refractivity (Wildman–Crippen MR) is 62.2 cm³/mol. The molecule has 17 heavy (non-hydrogen) atoms. The van der Waals surface area contributed by atoms with Crippen LogP contribution in [0, 0.1) is 0 Å². The lowest BCUT2D eigenvalue weighted by molar-refractivity contribution is -0.124. The molecule has 1 atom stereocenters. The van der Waals surface area contributed by atoms with E-state index in [0.717, 1.165) is 0 Å². The molecule has 1 aromatic rings. The highest BCUT2D eigenvalue weighted by molar-refractivity contribution is 6.28. The first-order valence-electron chi connectivity index (χ1n) is 5.31. The van der Waals surface area contributed by atoms with Crippen molar-refractivity contribution in [2.24, 2.45) is 0 Å². The van der Waals surface area contributed by atoms with Crippen LogP contribution in [0.25, 0.3) is 0 Å². The molecule has 2 aliphatic rings. The minimum absolute atomic E-state index is 0.101. The standard InChI is InChI=1S/C10H11ClN4O2/c1-10-5-17-3-2-15(10)7-6(13-8(10)16)4-12-9(11)14-7/h4H,2-3,5H2,1H3,(H,13,16)/t10-/m0/s1. The lowest BCUT2D eigenvalue weighted by atomic mass is 9.95. The second-order valence-corrected chi connectivity index (χ2v) is 4.65. The zero-order valence-electron chi connectivity index (χ0n) is 9.23. The average Bonchev–Trinajstić information content (AvgIpc) is 2.31. The summed E-state index contributed by atoms with van der Waals surface area (Å²) < 4.78 is 5.38. The normalized spacial score (nSPS) is 27.2. The summed E-state index contributed by atoms with van der Waals surface area (Å²) in [7, 11) is 0. The molecule has 1 fully saturated rings. The molecule has 0 radical (unpaired) electrons.